The molecule has 0 spiro atoms. The lowest BCUT2D eigenvalue weighted by Crippen LogP contribution is -2.15. The summed E-state index contributed by atoms with van der Waals surface area (Å²) in [6.45, 7) is 4.22. The predicted molar refractivity (Wildman–Crippen MR) is 65.3 cm³/mol. The molecule has 1 heterocycles. The van der Waals surface area contributed by atoms with Crippen LogP contribution in [0.25, 0.3) is 0 Å². The molecule has 0 bridgehead atoms. The number of carboxylic acids is 1. The fraction of sp³-hybridized carbons (Fsp3) is 0.667. The molecule has 2 N–H and O–H groups in total. The molecule has 1 aromatic heterocycles. The minimum Gasteiger partial charge on any atom is -0.476 e. The van der Waals surface area contributed by atoms with Crippen molar-refractivity contribution >= 4 is 12.0 Å². The highest BCUT2D eigenvalue weighted by molar-refractivity contribution is 5.85. The Balaban J connectivity index is 2.29. The maximum absolute atomic E-state index is 10.6. The Morgan fingerprint density at radius 3 is 2.88 bits per heavy atom. The van der Waals surface area contributed by atoms with Crippen LogP contribution in [0.5, 0.6) is 0 Å². The van der Waals surface area contributed by atoms with Gasteiger partial charge in [0, 0.05) is 6.04 Å². The first kappa shape index (κ1) is 13.5. The molecule has 0 saturated carbocycles. The van der Waals surface area contributed by atoms with E-state index in [1.54, 1.807) is 0 Å². The second-order valence-electron chi connectivity index (χ2n) is 4.24. The van der Waals surface area contributed by atoms with Crippen LogP contribution in [0.3, 0.4) is 0 Å². The molecule has 5 nitrogen and oxygen atoms in total. The van der Waals surface area contributed by atoms with Gasteiger partial charge in [-0.15, -0.1) is 0 Å². The van der Waals surface area contributed by atoms with Gasteiger partial charge < -0.3 is 14.8 Å². The summed E-state index contributed by atoms with van der Waals surface area (Å²) >= 11 is 0. The van der Waals surface area contributed by atoms with E-state index in [2.05, 4.69) is 17.2 Å². The third-order valence-corrected chi connectivity index (χ3v) is 2.58. The van der Waals surface area contributed by atoms with Crippen LogP contribution < -0.4 is 5.32 Å². The minimum atomic E-state index is -1.07. The summed E-state index contributed by atoms with van der Waals surface area (Å²) in [7, 11) is 0. The van der Waals surface area contributed by atoms with Gasteiger partial charge in [0.25, 0.3) is 6.01 Å². The molecular weight excluding hydrogens is 220 g/mol. The monoisotopic (exact) mass is 240 g/mol. The summed E-state index contributed by atoms with van der Waals surface area (Å²) in [6.07, 6.45) is 7.06. The predicted octanol–water partition coefficient (Wildman–Crippen LogP) is 3.14. The zero-order valence-electron chi connectivity index (χ0n) is 10.4. The van der Waals surface area contributed by atoms with E-state index in [9.17, 15) is 4.79 Å². The van der Waals surface area contributed by atoms with Crippen molar-refractivity contribution in [1.82, 2.24) is 4.98 Å². The largest absolute Gasteiger partial charge is 0.476 e. The van der Waals surface area contributed by atoms with E-state index in [0.717, 1.165) is 19.1 Å². The van der Waals surface area contributed by atoms with Crippen molar-refractivity contribution in [1.29, 1.82) is 0 Å². The molecule has 0 aromatic carbocycles. The highest BCUT2D eigenvalue weighted by Gasteiger charge is 2.11. The van der Waals surface area contributed by atoms with Crippen molar-refractivity contribution < 1.29 is 14.3 Å². The van der Waals surface area contributed by atoms with Gasteiger partial charge in [-0.05, 0) is 13.3 Å². The molecule has 1 unspecified atom stereocenters. The first-order valence-corrected chi connectivity index (χ1v) is 6.08. The van der Waals surface area contributed by atoms with Crippen molar-refractivity contribution in [3.05, 3.63) is 12.0 Å². The zero-order valence-corrected chi connectivity index (χ0v) is 10.4. The average molecular weight is 240 g/mol. The SMILES string of the molecule is CCCCCCC(C)Nc1nc(C(=O)O)co1. The molecule has 5 heteroatoms. The maximum Gasteiger partial charge on any atom is 0.357 e. The Morgan fingerprint density at radius 1 is 1.53 bits per heavy atom. The van der Waals surface area contributed by atoms with Crippen molar-refractivity contribution in [2.45, 2.75) is 52.0 Å². The van der Waals surface area contributed by atoms with Crippen LogP contribution in [-0.4, -0.2) is 22.1 Å². The summed E-state index contributed by atoms with van der Waals surface area (Å²) in [6, 6.07) is 0.526. The smallest absolute Gasteiger partial charge is 0.357 e. The zero-order chi connectivity index (χ0) is 12.7. The van der Waals surface area contributed by atoms with Crippen molar-refractivity contribution in [3.8, 4) is 0 Å². The summed E-state index contributed by atoms with van der Waals surface area (Å²) in [5.41, 5.74) is -0.0642. The topological polar surface area (TPSA) is 75.4 Å². The van der Waals surface area contributed by atoms with E-state index < -0.39 is 5.97 Å². The molecule has 1 aromatic rings. The van der Waals surface area contributed by atoms with Crippen molar-refractivity contribution in [2.75, 3.05) is 5.32 Å². The average Bonchev–Trinajstić information content (AvgIpc) is 2.73. The number of hydrogen-bond donors (Lipinski definition) is 2. The van der Waals surface area contributed by atoms with Gasteiger partial charge in [-0.1, -0.05) is 32.6 Å². The number of anilines is 1. The summed E-state index contributed by atoms with van der Waals surface area (Å²) in [4.78, 5) is 14.4. The Hall–Kier alpha value is -1.52. The van der Waals surface area contributed by atoms with E-state index in [-0.39, 0.29) is 17.8 Å². The summed E-state index contributed by atoms with van der Waals surface area (Å²) < 4.78 is 5.02. The molecule has 96 valence electrons. The fourth-order valence-electron chi connectivity index (χ4n) is 1.60. The number of rotatable bonds is 8. The standard InChI is InChI=1S/C12H20N2O3/c1-3-4-5-6-7-9(2)13-12-14-10(8-17-12)11(15)16/h8-9H,3-7H2,1-2H3,(H,13,14)(H,15,16). The van der Waals surface area contributed by atoms with E-state index in [1.165, 1.54) is 19.3 Å². The lowest BCUT2D eigenvalue weighted by molar-refractivity contribution is 0.0690. The number of aromatic nitrogens is 1. The Bertz CT molecular complexity index is 349. The number of carbonyl (C=O) groups is 1. The number of nitrogens with one attached hydrogen (secondary N) is 1. The third-order valence-electron chi connectivity index (χ3n) is 2.58. The number of carboxylic acid groups (broad SMARTS) is 1. The molecule has 0 aliphatic carbocycles. The van der Waals surface area contributed by atoms with Crippen molar-refractivity contribution in [2.24, 2.45) is 0 Å². The summed E-state index contributed by atoms with van der Waals surface area (Å²) in [5.74, 6) is -1.07. The molecule has 0 amide bonds. The number of unbranched alkanes of at least 4 members (excludes halogenated alkanes) is 3. The van der Waals surface area contributed by atoms with Crippen molar-refractivity contribution in [3.63, 3.8) is 0 Å². The van der Waals surface area contributed by atoms with E-state index >= 15 is 0 Å². The van der Waals surface area contributed by atoms with Crippen LogP contribution in [0, 0.1) is 0 Å². The molecule has 0 aliphatic rings. The molecular formula is C12H20N2O3. The Labute approximate surface area is 101 Å². The molecule has 0 radical (unpaired) electrons. The number of hydrogen-bond acceptors (Lipinski definition) is 4. The fourth-order valence-corrected chi connectivity index (χ4v) is 1.60. The van der Waals surface area contributed by atoms with E-state index in [1.807, 2.05) is 6.92 Å². The van der Waals surface area contributed by atoms with Crippen LogP contribution in [0.15, 0.2) is 10.7 Å². The van der Waals surface area contributed by atoms with Crippen LogP contribution in [0.4, 0.5) is 6.01 Å². The number of nitrogens with zero attached hydrogens (tertiary/aromatic N) is 1. The van der Waals surface area contributed by atoms with Gasteiger partial charge in [0.2, 0.25) is 0 Å². The van der Waals surface area contributed by atoms with Crippen LogP contribution in [0.2, 0.25) is 0 Å². The van der Waals surface area contributed by atoms with Crippen LogP contribution in [-0.2, 0) is 0 Å². The second-order valence-corrected chi connectivity index (χ2v) is 4.24. The van der Waals surface area contributed by atoms with Gasteiger partial charge in [-0.25, -0.2) is 4.79 Å². The van der Waals surface area contributed by atoms with E-state index in [0.29, 0.717) is 0 Å². The van der Waals surface area contributed by atoms with Crippen LogP contribution in [0.1, 0.15) is 56.4 Å². The maximum atomic E-state index is 10.6. The lowest BCUT2D eigenvalue weighted by atomic mass is 10.1. The molecule has 0 saturated heterocycles. The summed E-state index contributed by atoms with van der Waals surface area (Å²) in [5, 5.41) is 11.7. The van der Waals surface area contributed by atoms with Gasteiger partial charge in [0.05, 0.1) is 0 Å². The first-order chi connectivity index (χ1) is 8.13. The first-order valence-electron chi connectivity index (χ1n) is 6.08. The second kappa shape index (κ2) is 6.93. The minimum absolute atomic E-state index is 0.0642. The van der Waals surface area contributed by atoms with Gasteiger partial charge in [0.1, 0.15) is 6.26 Å². The normalized spacial score (nSPS) is 12.4. The molecule has 1 atom stereocenters. The lowest BCUT2D eigenvalue weighted by Gasteiger charge is -2.11. The van der Waals surface area contributed by atoms with E-state index in [4.69, 9.17) is 9.52 Å². The highest BCUT2D eigenvalue weighted by Crippen LogP contribution is 2.12. The quantitative estimate of drug-likeness (QED) is 0.683. The highest BCUT2D eigenvalue weighted by atomic mass is 16.4. The van der Waals surface area contributed by atoms with Gasteiger partial charge in [0.15, 0.2) is 5.69 Å². The number of aromatic carboxylic acids is 1. The Morgan fingerprint density at radius 2 is 2.29 bits per heavy atom. The van der Waals surface area contributed by atoms with Gasteiger partial charge in [-0.2, -0.15) is 4.98 Å². The molecule has 17 heavy (non-hydrogen) atoms. The molecule has 0 aliphatic heterocycles. The molecule has 0 fully saturated rings. The van der Waals surface area contributed by atoms with Gasteiger partial charge in [-0.3, -0.25) is 0 Å². The number of oxazole rings is 1. The Kier molecular flexibility index (Phi) is 5.52. The van der Waals surface area contributed by atoms with Gasteiger partial charge >= 0.3 is 5.97 Å². The third kappa shape index (κ3) is 4.89. The molecule has 1 rings (SSSR count). The van der Waals surface area contributed by atoms with Crippen LogP contribution >= 0.6 is 0 Å².